The van der Waals surface area contributed by atoms with Crippen molar-refractivity contribution in [2.75, 3.05) is 26.1 Å². The molecule has 1 N–H and O–H groups in total. The van der Waals surface area contributed by atoms with Crippen LogP contribution in [0.1, 0.15) is 5.56 Å². The number of ether oxygens (including phenoxy) is 3. The van der Waals surface area contributed by atoms with Crippen LogP contribution < -0.4 is 14.8 Å². The van der Waals surface area contributed by atoms with Crippen LogP contribution in [-0.2, 0) is 18.0 Å². The first kappa shape index (κ1) is 22.6. The van der Waals surface area contributed by atoms with Gasteiger partial charge in [0.25, 0.3) is 0 Å². The molecule has 7 nitrogen and oxygen atoms in total. The number of hydrogen-bond acceptors (Lipinski definition) is 6. The highest BCUT2D eigenvalue weighted by atomic mass is 79.9. The van der Waals surface area contributed by atoms with E-state index in [1.807, 2.05) is 29.0 Å². The van der Waals surface area contributed by atoms with E-state index in [1.165, 1.54) is 0 Å². The molecule has 0 aliphatic carbocycles. The van der Waals surface area contributed by atoms with E-state index in [2.05, 4.69) is 50.9 Å². The fraction of sp³-hybridized carbons (Fsp3) is 0.429. The Hall–Kier alpha value is -2.10. The normalized spacial score (nSPS) is 11.7. The third-order valence-corrected chi connectivity index (χ3v) is 7.06. The van der Waals surface area contributed by atoms with Gasteiger partial charge in [-0.2, -0.15) is 0 Å². The minimum absolute atomic E-state index is 0.459. The number of nitrogens with one attached hydrogen (secondary N) is 1. The molecule has 162 valence electrons. The lowest BCUT2D eigenvalue weighted by atomic mass is 10.2. The number of aromatic nitrogens is 3. The monoisotopic (exact) mass is 492 g/mol. The second-order valence-electron chi connectivity index (χ2n) is 8.25. The van der Waals surface area contributed by atoms with Crippen LogP contribution in [0.5, 0.6) is 11.5 Å². The van der Waals surface area contributed by atoms with Crippen LogP contribution >= 0.6 is 15.9 Å². The standard InChI is InChI=1S/C21H29BrN4O3Si/c1-27-16-7-6-15(18(10-16)28-2)11-23-21-20-19(24-13-25-21)17(22)12-26(20)14-29-8-9-30(3,4)5/h6-7,10,12-13H,8-9,11,14H2,1-5H3,(H,23,24,25). The molecule has 9 heteroatoms. The smallest absolute Gasteiger partial charge is 0.154 e. The van der Waals surface area contributed by atoms with Gasteiger partial charge in [-0.25, -0.2) is 9.97 Å². The van der Waals surface area contributed by atoms with E-state index >= 15 is 0 Å². The fourth-order valence-electron chi connectivity index (χ4n) is 3.04. The summed E-state index contributed by atoms with van der Waals surface area (Å²) in [5.41, 5.74) is 2.77. The van der Waals surface area contributed by atoms with Gasteiger partial charge in [0.05, 0.1) is 18.7 Å². The van der Waals surface area contributed by atoms with Crippen molar-refractivity contribution in [2.24, 2.45) is 0 Å². The molecular weight excluding hydrogens is 464 g/mol. The molecule has 0 aliphatic heterocycles. The van der Waals surface area contributed by atoms with E-state index in [1.54, 1.807) is 20.5 Å². The molecule has 2 heterocycles. The van der Waals surface area contributed by atoms with Gasteiger partial charge in [-0.15, -0.1) is 0 Å². The predicted molar refractivity (Wildman–Crippen MR) is 126 cm³/mol. The maximum atomic E-state index is 5.96. The zero-order chi connectivity index (χ0) is 21.7. The number of hydrogen-bond donors (Lipinski definition) is 1. The number of anilines is 1. The average molecular weight is 493 g/mol. The molecule has 2 aromatic heterocycles. The Bertz CT molecular complexity index is 1000. The van der Waals surface area contributed by atoms with Gasteiger partial charge < -0.3 is 24.1 Å². The fourth-order valence-corrected chi connectivity index (χ4v) is 4.33. The molecule has 30 heavy (non-hydrogen) atoms. The number of rotatable bonds is 10. The molecule has 0 saturated heterocycles. The summed E-state index contributed by atoms with van der Waals surface area (Å²) in [6.07, 6.45) is 3.56. The van der Waals surface area contributed by atoms with Gasteiger partial charge in [-0.1, -0.05) is 19.6 Å². The van der Waals surface area contributed by atoms with Crippen molar-refractivity contribution >= 4 is 40.9 Å². The first-order chi connectivity index (χ1) is 14.3. The summed E-state index contributed by atoms with van der Waals surface area (Å²) in [7, 11) is 2.17. The third kappa shape index (κ3) is 5.53. The quantitative estimate of drug-likeness (QED) is 0.312. The Labute approximate surface area is 186 Å². The molecule has 0 aliphatic rings. The van der Waals surface area contributed by atoms with Crippen LogP contribution in [0.15, 0.2) is 35.2 Å². The summed E-state index contributed by atoms with van der Waals surface area (Å²) in [6, 6.07) is 6.91. The summed E-state index contributed by atoms with van der Waals surface area (Å²) >= 11 is 3.61. The molecule has 0 amide bonds. The molecule has 0 atom stereocenters. The summed E-state index contributed by atoms with van der Waals surface area (Å²) in [6.45, 7) is 8.81. The zero-order valence-electron chi connectivity index (χ0n) is 18.2. The topological polar surface area (TPSA) is 70.4 Å². The Morgan fingerprint density at radius 2 is 1.93 bits per heavy atom. The second-order valence-corrected chi connectivity index (χ2v) is 14.7. The minimum atomic E-state index is -1.12. The van der Waals surface area contributed by atoms with Crippen molar-refractivity contribution in [3.8, 4) is 11.5 Å². The lowest BCUT2D eigenvalue weighted by Crippen LogP contribution is -2.22. The van der Waals surface area contributed by atoms with Crippen LogP contribution in [0.2, 0.25) is 25.7 Å². The maximum absolute atomic E-state index is 5.96. The molecule has 0 spiro atoms. The highest BCUT2D eigenvalue weighted by Gasteiger charge is 2.16. The molecule has 0 unspecified atom stereocenters. The van der Waals surface area contributed by atoms with Gasteiger partial charge >= 0.3 is 0 Å². The van der Waals surface area contributed by atoms with Gasteiger partial charge in [0, 0.05) is 39.1 Å². The highest BCUT2D eigenvalue weighted by molar-refractivity contribution is 9.10. The first-order valence-electron chi connectivity index (χ1n) is 9.84. The SMILES string of the molecule is COc1ccc(CNc2ncnc3c(Br)cn(COCC[Si](C)(C)C)c23)c(OC)c1. The molecule has 0 saturated carbocycles. The van der Waals surface area contributed by atoms with Crippen molar-refractivity contribution in [2.45, 2.75) is 39.0 Å². The van der Waals surface area contributed by atoms with Crippen LogP contribution in [0, 0.1) is 0 Å². The zero-order valence-corrected chi connectivity index (χ0v) is 20.7. The number of nitrogens with zero attached hydrogens (tertiary/aromatic N) is 3. The van der Waals surface area contributed by atoms with Crippen LogP contribution in [0.25, 0.3) is 11.0 Å². The predicted octanol–water partition coefficient (Wildman–Crippen LogP) is 5.14. The Kier molecular flexibility index (Phi) is 7.38. The van der Waals surface area contributed by atoms with Crippen molar-refractivity contribution in [1.29, 1.82) is 0 Å². The number of benzene rings is 1. The second kappa shape index (κ2) is 9.80. The van der Waals surface area contributed by atoms with E-state index in [0.717, 1.165) is 51.0 Å². The molecular formula is C21H29BrN4O3Si. The summed E-state index contributed by atoms with van der Waals surface area (Å²) in [5.74, 6) is 2.27. The molecule has 0 bridgehead atoms. The summed E-state index contributed by atoms with van der Waals surface area (Å²) < 4.78 is 19.7. The van der Waals surface area contributed by atoms with Crippen LogP contribution in [0.4, 0.5) is 5.82 Å². The lowest BCUT2D eigenvalue weighted by molar-refractivity contribution is 0.0902. The van der Waals surface area contributed by atoms with Gasteiger partial charge in [0.1, 0.15) is 35.6 Å². The van der Waals surface area contributed by atoms with Crippen molar-refractivity contribution < 1.29 is 14.2 Å². The molecule has 1 aromatic carbocycles. The minimum Gasteiger partial charge on any atom is -0.497 e. The number of fused-ring (bicyclic) bond motifs is 1. The highest BCUT2D eigenvalue weighted by Crippen LogP contribution is 2.30. The van der Waals surface area contributed by atoms with Gasteiger partial charge in [-0.3, -0.25) is 0 Å². The van der Waals surface area contributed by atoms with Crippen LogP contribution in [0.3, 0.4) is 0 Å². The number of methoxy groups -OCH3 is 2. The van der Waals surface area contributed by atoms with Crippen LogP contribution in [-0.4, -0.2) is 43.4 Å². The third-order valence-electron chi connectivity index (χ3n) is 4.77. The molecule has 0 fully saturated rings. The first-order valence-corrected chi connectivity index (χ1v) is 14.3. The van der Waals surface area contributed by atoms with E-state index in [9.17, 15) is 0 Å². The average Bonchev–Trinajstić information content (AvgIpc) is 3.05. The Morgan fingerprint density at radius 3 is 2.63 bits per heavy atom. The largest absolute Gasteiger partial charge is 0.497 e. The van der Waals surface area contributed by atoms with Crippen molar-refractivity contribution in [3.05, 3.63) is 40.8 Å². The Balaban J connectivity index is 1.79. The lowest BCUT2D eigenvalue weighted by Gasteiger charge is -2.16. The molecule has 0 radical (unpaired) electrons. The van der Waals surface area contributed by atoms with Crippen molar-refractivity contribution in [3.63, 3.8) is 0 Å². The maximum Gasteiger partial charge on any atom is 0.154 e. The summed E-state index contributed by atoms with van der Waals surface area (Å²) in [4.78, 5) is 8.91. The van der Waals surface area contributed by atoms with Gasteiger partial charge in [0.2, 0.25) is 0 Å². The summed E-state index contributed by atoms with van der Waals surface area (Å²) in [5, 5.41) is 3.42. The van der Waals surface area contributed by atoms with E-state index < -0.39 is 8.07 Å². The van der Waals surface area contributed by atoms with Crippen molar-refractivity contribution in [1.82, 2.24) is 14.5 Å². The molecule has 3 rings (SSSR count). The Morgan fingerprint density at radius 1 is 1.13 bits per heavy atom. The van der Waals surface area contributed by atoms with E-state index in [4.69, 9.17) is 14.2 Å². The molecule has 3 aromatic rings. The van der Waals surface area contributed by atoms with E-state index in [0.29, 0.717) is 13.3 Å². The number of halogens is 1. The van der Waals surface area contributed by atoms with E-state index in [-0.39, 0.29) is 0 Å². The van der Waals surface area contributed by atoms with Gasteiger partial charge in [0.15, 0.2) is 5.82 Å². The van der Waals surface area contributed by atoms with Gasteiger partial charge in [-0.05, 0) is 34.1 Å².